The van der Waals surface area contributed by atoms with E-state index in [4.69, 9.17) is 9.52 Å². The third-order valence-electron chi connectivity index (χ3n) is 2.80. The Balaban J connectivity index is 2.09. The van der Waals surface area contributed by atoms with E-state index in [9.17, 15) is 19.7 Å². The number of rotatable bonds is 6. The van der Waals surface area contributed by atoms with Gasteiger partial charge in [-0.25, -0.2) is 0 Å². The van der Waals surface area contributed by atoms with Gasteiger partial charge in [-0.05, 0) is 18.9 Å². The maximum Gasteiger partial charge on any atom is 0.433 e. The zero-order chi connectivity index (χ0) is 14.0. The fraction of sp³-hybridized carbons (Fsp3) is 0.455. The normalized spacial score (nSPS) is 14.1. The van der Waals surface area contributed by atoms with Crippen LogP contribution in [0.25, 0.3) is 0 Å². The summed E-state index contributed by atoms with van der Waals surface area (Å²) in [7, 11) is 0. The highest BCUT2D eigenvalue weighted by Crippen LogP contribution is 2.29. The summed E-state index contributed by atoms with van der Waals surface area (Å²) in [5.74, 6) is -2.14. The molecule has 1 saturated carbocycles. The molecule has 0 unspecified atom stereocenters. The second-order valence-corrected chi connectivity index (χ2v) is 4.27. The quantitative estimate of drug-likeness (QED) is 0.613. The van der Waals surface area contributed by atoms with Crippen molar-refractivity contribution in [2.75, 3.05) is 6.54 Å². The summed E-state index contributed by atoms with van der Waals surface area (Å²) in [5.41, 5.74) is 0. The lowest BCUT2D eigenvalue weighted by Gasteiger charge is -2.19. The molecule has 0 radical (unpaired) electrons. The van der Waals surface area contributed by atoms with Crippen LogP contribution in [-0.2, 0) is 4.79 Å². The topological polar surface area (TPSA) is 114 Å². The maximum atomic E-state index is 12.1. The van der Waals surface area contributed by atoms with Crippen molar-refractivity contribution in [1.82, 2.24) is 4.90 Å². The number of nitro groups is 1. The molecule has 0 aromatic carbocycles. The van der Waals surface area contributed by atoms with Gasteiger partial charge in [0.2, 0.25) is 0 Å². The van der Waals surface area contributed by atoms with Crippen LogP contribution in [0, 0.1) is 10.1 Å². The molecule has 1 amide bonds. The highest BCUT2D eigenvalue weighted by atomic mass is 16.6. The monoisotopic (exact) mass is 268 g/mol. The summed E-state index contributed by atoms with van der Waals surface area (Å²) >= 11 is 0. The lowest BCUT2D eigenvalue weighted by Crippen LogP contribution is -2.34. The molecule has 0 atom stereocenters. The first kappa shape index (κ1) is 13.1. The minimum Gasteiger partial charge on any atom is -0.481 e. The number of carbonyl (C=O) groups excluding carboxylic acids is 1. The van der Waals surface area contributed by atoms with Crippen LogP contribution >= 0.6 is 0 Å². The van der Waals surface area contributed by atoms with Gasteiger partial charge in [-0.3, -0.25) is 19.7 Å². The minimum atomic E-state index is -0.996. The zero-order valence-electron chi connectivity index (χ0n) is 9.94. The van der Waals surface area contributed by atoms with Crippen LogP contribution < -0.4 is 0 Å². The molecule has 2 rings (SSSR count). The molecule has 0 saturated heterocycles. The Morgan fingerprint density at radius 2 is 2.16 bits per heavy atom. The molecule has 1 fully saturated rings. The van der Waals surface area contributed by atoms with Crippen molar-refractivity contribution in [2.24, 2.45) is 0 Å². The molecule has 1 heterocycles. The Bertz CT molecular complexity index is 519. The van der Waals surface area contributed by atoms with Gasteiger partial charge < -0.3 is 14.4 Å². The van der Waals surface area contributed by atoms with Crippen LogP contribution in [0.4, 0.5) is 5.88 Å². The molecule has 102 valence electrons. The maximum absolute atomic E-state index is 12.1. The van der Waals surface area contributed by atoms with E-state index in [-0.39, 0.29) is 24.8 Å². The number of carboxylic acids is 1. The van der Waals surface area contributed by atoms with Crippen molar-refractivity contribution in [3.05, 3.63) is 28.0 Å². The van der Waals surface area contributed by atoms with Crippen molar-refractivity contribution in [3.63, 3.8) is 0 Å². The summed E-state index contributed by atoms with van der Waals surface area (Å²) in [5, 5.41) is 19.1. The highest BCUT2D eigenvalue weighted by molar-refractivity contribution is 5.92. The molecule has 8 heteroatoms. The Kier molecular flexibility index (Phi) is 3.50. The van der Waals surface area contributed by atoms with E-state index in [2.05, 4.69) is 0 Å². The fourth-order valence-corrected chi connectivity index (χ4v) is 1.73. The summed E-state index contributed by atoms with van der Waals surface area (Å²) in [6, 6.07) is 2.35. The number of hydrogen-bond acceptors (Lipinski definition) is 5. The fourth-order valence-electron chi connectivity index (χ4n) is 1.73. The first-order valence-electron chi connectivity index (χ1n) is 5.76. The molecule has 1 aromatic rings. The van der Waals surface area contributed by atoms with Crippen LogP contribution in [-0.4, -0.2) is 39.4 Å². The Labute approximate surface area is 107 Å². The number of furan rings is 1. The average molecular weight is 268 g/mol. The van der Waals surface area contributed by atoms with Gasteiger partial charge >= 0.3 is 11.9 Å². The van der Waals surface area contributed by atoms with Crippen molar-refractivity contribution in [3.8, 4) is 0 Å². The predicted octanol–water partition coefficient (Wildman–Crippen LogP) is 1.27. The lowest BCUT2D eigenvalue weighted by atomic mass is 10.3. The number of nitrogens with zero attached hydrogens (tertiary/aromatic N) is 2. The molecule has 1 aliphatic carbocycles. The second kappa shape index (κ2) is 5.09. The Morgan fingerprint density at radius 3 is 2.63 bits per heavy atom. The zero-order valence-corrected chi connectivity index (χ0v) is 9.94. The Hall–Kier alpha value is -2.38. The largest absolute Gasteiger partial charge is 0.481 e. The van der Waals surface area contributed by atoms with E-state index in [1.54, 1.807) is 0 Å². The molecule has 0 aliphatic heterocycles. The average Bonchev–Trinajstić information content (AvgIpc) is 3.05. The van der Waals surface area contributed by atoms with Crippen molar-refractivity contribution in [2.45, 2.75) is 25.3 Å². The molecule has 19 heavy (non-hydrogen) atoms. The van der Waals surface area contributed by atoms with Crippen LogP contribution in [0.1, 0.15) is 29.8 Å². The molecular formula is C11H12N2O6. The number of hydrogen-bond donors (Lipinski definition) is 1. The van der Waals surface area contributed by atoms with E-state index in [0.29, 0.717) is 0 Å². The smallest absolute Gasteiger partial charge is 0.433 e. The lowest BCUT2D eigenvalue weighted by molar-refractivity contribution is -0.402. The second-order valence-electron chi connectivity index (χ2n) is 4.27. The van der Waals surface area contributed by atoms with Crippen LogP contribution in [0.15, 0.2) is 16.5 Å². The van der Waals surface area contributed by atoms with Crippen LogP contribution in [0.3, 0.4) is 0 Å². The number of amides is 1. The van der Waals surface area contributed by atoms with E-state index in [0.717, 1.165) is 18.9 Å². The van der Waals surface area contributed by atoms with Crippen molar-refractivity contribution in [1.29, 1.82) is 0 Å². The molecular weight excluding hydrogens is 256 g/mol. The van der Waals surface area contributed by atoms with Gasteiger partial charge in [0.1, 0.15) is 4.92 Å². The van der Waals surface area contributed by atoms with E-state index in [1.165, 1.54) is 11.0 Å². The van der Waals surface area contributed by atoms with Crippen LogP contribution in [0.5, 0.6) is 0 Å². The number of aliphatic carboxylic acids is 1. The highest BCUT2D eigenvalue weighted by Gasteiger charge is 2.34. The van der Waals surface area contributed by atoms with Gasteiger partial charge in [0.15, 0.2) is 5.76 Å². The molecule has 8 nitrogen and oxygen atoms in total. The van der Waals surface area contributed by atoms with E-state index in [1.807, 2.05) is 0 Å². The van der Waals surface area contributed by atoms with Gasteiger partial charge in [-0.1, -0.05) is 0 Å². The summed E-state index contributed by atoms with van der Waals surface area (Å²) in [4.78, 5) is 33.8. The molecule has 0 bridgehead atoms. The molecule has 0 spiro atoms. The van der Waals surface area contributed by atoms with Gasteiger partial charge in [0.25, 0.3) is 5.91 Å². The third kappa shape index (κ3) is 3.09. The van der Waals surface area contributed by atoms with Gasteiger partial charge in [-0.2, -0.15) is 0 Å². The van der Waals surface area contributed by atoms with Crippen LogP contribution in [0.2, 0.25) is 0 Å². The van der Waals surface area contributed by atoms with E-state index >= 15 is 0 Å². The predicted molar refractivity (Wildman–Crippen MR) is 61.7 cm³/mol. The molecule has 1 aromatic heterocycles. The SMILES string of the molecule is O=C(O)CCN(C(=O)c1ccc([N+](=O)[O-])o1)C1CC1. The van der Waals surface area contributed by atoms with Crippen molar-refractivity contribution >= 4 is 17.8 Å². The summed E-state index contributed by atoms with van der Waals surface area (Å²) in [6.45, 7) is 0.0767. The summed E-state index contributed by atoms with van der Waals surface area (Å²) < 4.78 is 4.83. The Morgan fingerprint density at radius 1 is 1.47 bits per heavy atom. The van der Waals surface area contributed by atoms with Crippen molar-refractivity contribution < 1.29 is 24.0 Å². The van der Waals surface area contributed by atoms with Gasteiger partial charge in [-0.15, -0.1) is 0 Å². The van der Waals surface area contributed by atoms with Gasteiger partial charge in [0, 0.05) is 12.6 Å². The molecule has 1 aliphatic rings. The number of carboxylic acid groups (broad SMARTS) is 1. The third-order valence-corrected chi connectivity index (χ3v) is 2.80. The number of carbonyl (C=O) groups is 2. The standard InChI is InChI=1S/C11H12N2O6/c14-10(15)5-6-12(7-1-2-7)11(16)8-3-4-9(19-8)13(17)18/h3-4,7H,1-2,5-6H2,(H,14,15). The minimum absolute atomic E-state index is 0.0102. The summed E-state index contributed by atoms with van der Waals surface area (Å²) in [6.07, 6.45) is 1.47. The first-order chi connectivity index (χ1) is 8.99. The molecule has 1 N–H and O–H groups in total. The van der Waals surface area contributed by atoms with E-state index < -0.39 is 22.7 Å². The first-order valence-corrected chi connectivity index (χ1v) is 5.76. The van der Waals surface area contributed by atoms with Gasteiger partial charge in [0.05, 0.1) is 12.5 Å².